The fraction of sp³-hybridized carbons (Fsp3) is 0.250. The van der Waals surface area contributed by atoms with Gasteiger partial charge >= 0.3 is 0 Å². The quantitative estimate of drug-likeness (QED) is 0.786. The fourth-order valence-electron chi connectivity index (χ4n) is 1.60. The highest BCUT2D eigenvalue weighted by molar-refractivity contribution is 9.11. The van der Waals surface area contributed by atoms with Gasteiger partial charge in [0.1, 0.15) is 10.3 Å². The molecule has 0 radical (unpaired) electrons. The molecule has 2 aromatic heterocycles. The van der Waals surface area contributed by atoms with E-state index >= 15 is 0 Å². The number of pyridine rings is 1. The Morgan fingerprint density at radius 2 is 2.46 bits per heavy atom. The van der Waals surface area contributed by atoms with Gasteiger partial charge in [0.15, 0.2) is 3.92 Å². The van der Waals surface area contributed by atoms with E-state index in [2.05, 4.69) is 31.2 Å². The Hall–Kier alpha value is -0.680. The van der Waals surface area contributed by atoms with Gasteiger partial charge in [-0.15, -0.1) is 0 Å². The van der Waals surface area contributed by atoms with E-state index in [9.17, 15) is 0 Å². The highest BCUT2D eigenvalue weighted by atomic mass is 79.9. The van der Waals surface area contributed by atoms with Crippen LogP contribution in [0.2, 0.25) is 0 Å². The number of halogens is 1. The first-order valence-corrected chi connectivity index (χ1v) is 5.63. The largest absolute Gasteiger partial charge is 0.383 e. The Morgan fingerprint density at radius 3 is 3.38 bits per heavy atom. The first-order valence-electron chi connectivity index (χ1n) is 4.02. The van der Waals surface area contributed by atoms with Gasteiger partial charge in [-0.3, -0.25) is 0 Å². The molecule has 0 aromatic carbocycles. The molecule has 13 heavy (non-hydrogen) atoms. The minimum Gasteiger partial charge on any atom is -0.383 e. The lowest BCUT2D eigenvalue weighted by atomic mass is 10.2. The van der Waals surface area contributed by atoms with Gasteiger partial charge in [0.25, 0.3) is 0 Å². The molecule has 0 atom stereocenters. The second kappa shape index (κ2) is 2.65. The molecule has 2 aromatic rings. The summed E-state index contributed by atoms with van der Waals surface area (Å²) < 4.78 is 0.900. The lowest BCUT2D eigenvalue weighted by Gasteiger charge is -1.97. The average Bonchev–Trinajstić information content (AvgIpc) is 2.65. The van der Waals surface area contributed by atoms with E-state index < -0.39 is 0 Å². The molecule has 0 unspecified atom stereocenters. The standard InChI is InChI=1S/C8H6BrN3S/c9-8-12-6-5-4(1-2-10-5)3-11-7(6)13-8/h3,10H,1-2H2. The Labute approximate surface area is 87.3 Å². The Balaban J connectivity index is 2.42. The van der Waals surface area contributed by atoms with Crippen LogP contribution in [0.1, 0.15) is 5.56 Å². The Kier molecular flexibility index (Phi) is 1.57. The fourth-order valence-corrected chi connectivity index (χ4v) is 2.88. The topological polar surface area (TPSA) is 37.8 Å². The first-order chi connectivity index (χ1) is 6.34. The van der Waals surface area contributed by atoms with Crippen LogP contribution in [-0.4, -0.2) is 16.5 Å². The van der Waals surface area contributed by atoms with Crippen LogP contribution in [0.3, 0.4) is 0 Å². The van der Waals surface area contributed by atoms with Crippen molar-refractivity contribution in [2.24, 2.45) is 0 Å². The lowest BCUT2D eigenvalue weighted by molar-refractivity contribution is 1.10. The van der Waals surface area contributed by atoms with Gasteiger partial charge in [0.05, 0.1) is 5.69 Å². The number of nitrogens with one attached hydrogen (secondary N) is 1. The maximum Gasteiger partial charge on any atom is 0.161 e. The summed E-state index contributed by atoms with van der Waals surface area (Å²) in [7, 11) is 0. The smallest absolute Gasteiger partial charge is 0.161 e. The molecular weight excluding hydrogens is 250 g/mol. The van der Waals surface area contributed by atoms with E-state index in [4.69, 9.17) is 0 Å². The van der Waals surface area contributed by atoms with Crippen molar-refractivity contribution in [2.75, 3.05) is 11.9 Å². The molecule has 3 heterocycles. The van der Waals surface area contributed by atoms with Gasteiger partial charge in [-0.2, -0.15) is 0 Å². The van der Waals surface area contributed by atoms with Crippen LogP contribution >= 0.6 is 27.3 Å². The van der Waals surface area contributed by atoms with Gasteiger partial charge in [-0.25, -0.2) is 9.97 Å². The van der Waals surface area contributed by atoms with Crippen LogP contribution in [0.15, 0.2) is 10.1 Å². The summed E-state index contributed by atoms with van der Waals surface area (Å²) in [5, 5.41) is 3.34. The molecule has 0 bridgehead atoms. The maximum atomic E-state index is 4.39. The van der Waals surface area contributed by atoms with E-state index in [1.165, 1.54) is 11.3 Å². The SMILES string of the molecule is Brc1nc2c3c(cnc2s1)CCN3. The predicted octanol–water partition coefficient (Wildman–Crippen LogP) is 2.42. The van der Waals surface area contributed by atoms with E-state index in [1.54, 1.807) is 11.3 Å². The summed E-state index contributed by atoms with van der Waals surface area (Å²) in [5.41, 5.74) is 3.46. The average molecular weight is 256 g/mol. The molecule has 66 valence electrons. The zero-order valence-electron chi connectivity index (χ0n) is 6.67. The van der Waals surface area contributed by atoms with Crippen molar-refractivity contribution in [3.05, 3.63) is 15.7 Å². The van der Waals surface area contributed by atoms with Crippen molar-refractivity contribution in [1.82, 2.24) is 9.97 Å². The predicted molar refractivity (Wildman–Crippen MR) is 57.3 cm³/mol. The number of fused-ring (bicyclic) bond motifs is 3. The van der Waals surface area contributed by atoms with Crippen LogP contribution < -0.4 is 5.32 Å². The first kappa shape index (κ1) is 7.70. The van der Waals surface area contributed by atoms with Gasteiger partial charge < -0.3 is 5.32 Å². The number of anilines is 1. The van der Waals surface area contributed by atoms with Crippen molar-refractivity contribution in [3.63, 3.8) is 0 Å². The van der Waals surface area contributed by atoms with E-state index in [0.29, 0.717) is 0 Å². The van der Waals surface area contributed by atoms with Crippen molar-refractivity contribution in [2.45, 2.75) is 6.42 Å². The van der Waals surface area contributed by atoms with Crippen LogP contribution in [-0.2, 0) is 6.42 Å². The van der Waals surface area contributed by atoms with E-state index in [-0.39, 0.29) is 0 Å². The monoisotopic (exact) mass is 255 g/mol. The molecule has 0 aliphatic carbocycles. The minimum atomic E-state index is 0.900. The summed E-state index contributed by atoms with van der Waals surface area (Å²) in [6.45, 7) is 1.01. The highest BCUT2D eigenvalue weighted by Crippen LogP contribution is 2.33. The summed E-state index contributed by atoms with van der Waals surface area (Å²) >= 11 is 4.95. The zero-order chi connectivity index (χ0) is 8.84. The molecule has 0 saturated carbocycles. The van der Waals surface area contributed by atoms with Crippen LogP contribution in [0.4, 0.5) is 5.69 Å². The lowest BCUT2D eigenvalue weighted by Crippen LogP contribution is -1.91. The third-order valence-electron chi connectivity index (χ3n) is 2.17. The normalized spacial score (nSPS) is 14.5. The van der Waals surface area contributed by atoms with Gasteiger partial charge in [0.2, 0.25) is 0 Å². The van der Waals surface area contributed by atoms with E-state index in [1.807, 2.05) is 6.20 Å². The molecule has 5 heteroatoms. The summed E-state index contributed by atoms with van der Waals surface area (Å²) in [4.78, 5) is 9.75. The highest BCUT2D eigenvalue weighted by Gasteiger charge is 2.16. The maximum absolute atomic E-state index is 4.39. The van der Waals surface area contributed by atoms with Crippen molar-refractivity contribution >= 4 is 43.3 Å². The summed E-state index contributed by atoms with van der Waals surface area (Å²) in [6.07, 6.45) is 3.01. The number of thiazole rings is 1. The number of aromatic nitrogens is 2. The number of rotatable bonds is 0. The molecule has 3 nitrogen and oxygen atoms in total. The van der Waals surface area contributed by atoms with Gasteiger partial charge in [-0.1, -0.05) is 11.3 Å². The second-order valence-corrected chi connectivity index (χ2v) is 5.21. The molecule has 0 saturated heterocycles. The minimum absolute atomic E-state index is 0.900. The third-order valence-corrected chi connectivity index (χ3v) is 3.59. The molecule has 0 fully saturated rings. The van der Waals surface area contributed by atoms with Gasteiger partial charge in [-0.05, 0) is 27.9 Å². The molecule has 0 amide bonds. The van der Waals surface area contributed by atoms with Crippen molar-refractivity contribution in [3.8, 4) is 0 Å². The third kappa shape index (κ3) is 1.07. The number of nitrogens with zero attached hydrogens (tertiary/aromatic N) is 2. The zero-order valence-corrected chi connectivity index (χ0v) is 9.07. The number of hydrogen-bond donors (Lipinski definition) is 1. The molecule has 1 aliphatic heterocycles. The summed E-state index contributed by atoms with van der Waals surface area (Å²) in [5.74, 6) is 0. The molecule has 0 spiro atoms. The molecule has 3 rings (SSSR count). The summed E-state index contributed by atoms with van der Waals surface area (Å²) in [6, 6.07) is 0. The van der Waals surface area contributed by atoms with Gasteiger partial charge in [0, 0.05) is 12.7 Å². The molecule has 1 N–H and O–H groups in total. The molecule has 1 aliphatic rings. The Morgan fingerprint density at radius 1 is 1.54 bits per heavy atom. The van der Waals surface area contributed by atoms with Crippen LogP contribution in [0.5, 0.6) is 0 Å². The van der Waals surface area contributed by atoms with Crippen molar-refractivity contribution in [1.29, 1.82) is 0 Å². The van der Waals surface area contributed by atoms with E-state index in [0.717, 1.165) is 27.2 Å². The van der Waals surface area contributed by atoms with Crippen LogP contribution in [0, 0.1) is 0 Å². The number of hydrogen-bond acceptors (Lipinski definition) is 4. The van der Waals surface area contributed by atoms with Crippen molar-refractivity contribution < 1.29 is 0 Å². The molecular formula is C8H6BrN3S. The Bertz CT molecular complexity index is 479. The van der Waals surface area contributed by atoms with Crippen LogP contribution in [0.25, 0.3) is 10.3 Å². The second-order valence-electron chi connectivity index (χ2n) is 2.96.